The van der Waals surface area contributed by atoms with E-state index in [0.717, 1.165) is 30.0 Å². The Balaban J connectivity index is 2.22. The van der Waals surface area contributed by atoms with Gasteiger partial charge >= 0.3 is 0 Å². The number of hydrogen-bond acceptors (Lipinski definition) is 3. The molecule has 1 aliphatic rings. The maximum absolute atomic E-state index is 5.34. The Labute approximate surface area is 108 Å². The predicted molar refractivity (Wildman–Crippen MR) is 71.7 cm³/mol. The predicted octanol–water partition coefficient (Wildman–Crippen LogP) is 2.38. The van der Waals surface area contributed by atoms with Crippen molar-refractivity contribution in [1.29, 1.82) is 0 Å². The highest BCUT2D eigenvalue weighted by molar-refractivity contribution is 7.71. The Morgan fingerprint density at radius 2 is 2.18 bits per heavy atom. The van der Waals surface area contributed by atoms with Crippen LogP contribution in [0, 0.1) is 4.77 Å². The van der Waals surface area contributed by atoms with Crippen molar-refractivity contribution in [2.75, 3.05) is 14.1 Å². The number of nitrogens with one attached hydrogen (secondary N) is 1. The number of hydrogen-bond donors (Lipinski definition) is 1. The molecule has 0 saturated heterocycles. The second-order valence-electron chi connectivity index (χ2n) is 5.25. The lowest BCUT2D eigenvalue weighted by atomic mass is 9.75. The largest absolute Gasteiger partial charge is 0.302 e. The molecule has 1 aromatic rings. The molecule has 0 atom stereocenters. The molecule has 1 aromatic heterocycles. The van der Waals surface area contributed by atoms with Crippen molar-refractivity contribution < 1.29 is 0 Å². The molecule has 4 nitrogen and oxygen atoms in total. The van der Waals surface area contributed by atoms with Gasteiger partial charge in [0.15, 0.2) is 4.77 Å². The maximum atomic E-state index is 5.34. The van der Waals surface area contributed by atoms with E-state index < -0.39 is 0 Å². The van der Waals surface area contributed by atoms with Crippen molar-refractivity contribution in [3.8, 4) is 0 Å². The summed E-state index contributed by atoms with van der Waals surface area (Å²) in [4.78, 5) is 2.35. The maximum Gasteiger partial charge on any atom is 0.195 e. The highest BCUT2D eigenvalue weighted by atomic mass is 32.1. The molecular weight excluding hydrogens is 232 g/mol. The van der Waals surface area contributed by atoms with Crippen molar-refractivity contribution >= 4 is 12.2 Å². The molecule has 1 N–H and O–H groups in total. The van der Waals surface area contributed by atoms with E-state index in [-0.39, 0.29) is 0 Å². The van der Waals surface area contributed by atoms with Gasteiger partial charge in [0, 0.05) is 18.5 Å². The molecule has 17 heavy (non-hydrogen) atoms. The topological polar surface area (TPSA) is 36.9 Å². The van der Waals surface area contributed by atoms with E-state index in [2.05, 4.69) is 40.7 Å². The highest BCUT2D eigenvalue weighted by Crippen LogP contribution is 2.37. The second kappa shape index (κ2) is 4.90. The van der Waals surface area contributed by atoms with Crippen LogP contribution in [0.1, 0.15) is 38.4 Å². The zero-order valence-electron chi connectivity index (χ0n) is 11.0. The van der Waals surface area contributed by atoms with Crippen molar-refractivity contribution in [2.24, 2.45) is 0 Å². The first-order chi connectivity index (χ1) is 8.09. The summed E-state index contributed by atoms with van der Waals surface area (Å²) in [5, 5.41) is 7.26. The summed E-state index contributed by atoms with van der Waals surface area (Å²) in [5.74, 6) is 1.10. The van der Waals surface area contributed by atoms with E-state index in [1.165, 1.54) is 19.3 Å². The monoisotopic (exact) mass is 254 g/mol. The minimum atomic E-state index is 0.296. The minimum Gasteiger partial charge on any atom is -0.302 e. The molecule has 0 spiro atoms. The summed E-state index contributed by atoms with van der Waals surface area (Å²) in [5.41, 5.74) is 0.296. The van der Waals surface area contributed by atoms with E-state index in [1.54, 1.807) is 0 Å². The zero-order valence-corrected chi connectivity index (χ0v) is 11.8. The Morgan fingerprint density at radius 3 is 2.65 bits per heavy atom. The Hall–Kier alpha value is -0.680. The molecular formula is C12H22N4S. The third-order valence-electron chi connectivity index (χ3n) is 4.00. The summed E-state index contributed by atoms with van der Waals surface area (Å²) >= 11 is 5.34. The number of nitrogens with zero attached hydrogens (tertiary/aromatic N) is 3. The molecule has 1 aliphatic carbocycles. The van der Waals surface area contributed by atoms with Gasteiger partial charge in [0.2, 0.25) is 0 Å². The van der Waals surface area contributed by atoms with E-state index in [0.29, 0.717) is 5.54 Å². The first-order valence-corrected chi connectivity index (χ1v) is 6.81. The van der Waals surface area contributed by atoms with Crippen LogP contribution in [0.2, 0.25) is 0 Å². The van der Waals surface area contributed by atoms with Crippen LogP contribution < -0.4 is 0 Å². The summed E-state index contributed by atoms with van der Waals surface area (Å²) in [6.45, 7) is 3.15. The quantitative estimate of drug-likeness (QED) is 0.820. The van der Waals surface area contributed by atoms with Crippen LogP contribution >= 0.6 is 12.2 Å². The van der Waals surface area contributed by atoms with Gasteiger partial charge in [-0.2, -0.15) is 5.10 Å². The SMILES string of the molecule is CCCc1n[nH]c(=S)n1CC1(N(C)C)CCC1. The molecule has 96 valence electrons. The number of rotatable bonds is 5. The van der Waals surface area contributed by atoms with Gasteiger partial charge in [-0.1, -0.05) is 6.92 Å². The van der Waals surface area contributed by atoms with E-state index >= 15 is 0 Å². The summed E-state index contributed by atoms with van der Waals surface area (Å²) < 4.78 is 2.96. The number of aromatic nitrogens is 3. The number of likely N-dealkylation sites (N-methyl/N-ethyl adjacent to an activating group) is 1. The van der Waals surface area contributed by atoms with Gasteiger partial charge in [0.05, 0.1) is 0 Å². The number of aromatic amines is 1. The first-order valence-electron chi connectivity index (χ1n) is 6.40. The molecule has 0 unspecified atom stereocenters. The van der Waals surface area contributed by atoms with Crippen LogP contribution in [-0.2, 0) is 13.0 Å². The van der Waals surface area contributed by atoms with Gasteiger partial charge in [-0.3, -0.25) is 5.10 Å². The molecule has 2 rings (SSSR count). The van der Waals surface area contributed by atoms with E-state index in [1.807, 2.05) is 0 Å². The summed E-state index contributed by atoms with van der Waals surface area (Å²) in [6, 6.07) is 0. The minimum absolute atomic E-state index is 0.296. The third-order valence-corrected chi connectivity index (χ3v) is 4.31. The van der Waals surface area contributed by atoms with Crippen LogP contribution in [0.5, 0.6) is 0 Å². The van der Waals surface area contributed by atoms with Gasteiger partial charge in [0.1, 0.15) is 5.82 Å². The van der Waals surface area contributed by atoms with Crippen molar-refractivity contribution in [3.63, 3.8) is 0 Å². The normalized spacial score (nSPS) is 18.4. The van der Waals surface area contributed by atoms with Crippen LogP contribution in [0.25, 0.3) is 0 Å². The van der Waals surface area contributed by atoms with Gasteiger partial charge in [-0.15, -0.1) is 0 Å². The number of H-pyrrole nitrogens is 1. The van der Waals surface area contributed by atoms with Gasteiger partial charge in [-0.25, -0.2) is 0 Å². The summed E-state index contributed by atoms with van der Waals surface area (Å²) in [7, 11) is 4.34. The Morgan fingerprint density at radius 1 is 1.47 bits per heavy atom. The molecule has 5 heteroatoms. The van der Waals surface area contributed by atoms with Gasteiger partial charge in [-0.05, 0) is 52.0 Å². The fourth-order valence-corrected chi connectivity index (χ4v) is 2.77. The Bertz CT molecular complexity index is 428. The van der Waals surface area contributed by atoms with Crippen LogP contribution in [0.15, 0.2) is 0 Å². The lowest BCUT2D eigenvalue weighted by Crippen LogP contribution is -2.53. The third kappa shape index (κ3) is 2.31. The first kappa shape index (κ1) is 12.8. The molecule has 1 fully saturated rings. The standard InChI is InChI=1S/C12H22N4S/c1-4-6-10-13-14-11(17)16(10)9-12(15(2)3)7-5-8-12/h4-9H2,1-3H3,(H,14,17). The molecule has 0 aliphatic heterocycles. The lowest BCUT2D eigenvalue weighted by Gasteiger charge is -2.47. The Kier molecular flexibility index (Phi) is 3.68. The lowest BCUT2D eigenvalue weighted by molar-refractivity contribution is 0.0411. The van der Waals surface area contributed by atoms with E-state index in [9.17, 15) is 0 Å². The smallest absolute Gasteiger partial charge is 0.195 e. The molecule has 0 amide bonds. The number of aryl methyl sites for hydroxylation is 1. The average molecular weight is 254 g/mol. The van der Waals surface area contributed by atoms with E-state index in [4.69, 9.17) is 12.2 Å². The van der Waals surface area contributed by atoms with Gasteiger partial charge in [0.25, 0.3) is 0 Å². The van der Waals surface area contributed by atoms with Crippen molar-refractivity contribution in [1.82, 2.24) is 19.7 Å². The fraction of sp³-hybridized carbons (Fsp3) is 0.833. The van der Waals surface area contributed by atoms with Crippen molar-refractivity contribution in [3.05, 3.63) is 10.6 Å². The second-order valence-corrected chi connectivity index (χ2v) is 5.64. The van der Waals surface area contributed by atoms with Crippen molar-refractivity contribution in [2.45, 2.75) is 51.1 Å². The molecule has 0 radical (unpaired) electrons. The molecule has 0 aromatic carbocycles. The highest BCUT2D eigenvalue weighted by Gasteiger charge is 2.39. The van der Waals surface area contributed by atoms with Crippen LogP contribution in [-0.4, -0.2) is 39.3 Å². The molecule has 0 bridgehead atoms. The molecule has 1 saturated carbocycles. The molecule has 1 heterocycles. The summed E-state index contributed by atoms with van der Waals surface area (Å²) in [6.07, 6.45) is 5.95. The van der Waals surface area contributed by atoms with Gasteiger partial charge < -0.3 is 9.47 Å². The fourth-order valence-electron chi connectivity index (χ4n) is 2.55. The average Bonchev–Trinajstić information content (AvgIpc) is 2.54. The van der Waals surface area contributed by atoms with Crippen LogP contribution in [0.4, 0.5) is 0 Å². The van der Waals surface area contributed by atoms with Crippen LogP contribution in [0.3, 0.4) is 0 Å². The zero-order chi connectivity index (χ0) is 12.5.